The van der Waals surface area contributed by atoms with Crippen LogP contribution >= 0.6 is 0 Å². The first-order valence-electron chi connectivity index (χ1n) is 7.89. The fourth-order valence-electron chi connectivity index (χ4n) is 2.56. The van der Waals surface area contributed by atoms with Crippen molar-refractivity contribution in [1.82, 2.24) is 10.2 Å². The van der Waals surface area contributed by atoms with Gasteiger partial charge in [-0.15, -0.1) is 0 Å². The van der Waals surface area contributed by atoms with Crippen LogP contribution in [0, 0.1) is 6.92 Å². The molecule has 1 fully saturated rings. The maximum atomic E-state index is 12.2. The molecule has 2 rings (SSSR count). The predicted molar refractivity (Wildman–Crippen MR) is 86.1 cm³/mol. The Bertz CT molecular complexity index is 493. The van der Waals surface area contributed by atoms with Crippen molar-refractivity contribution in [2.24, 2.45) is 0 Å². The van der Waals surface area contributed by atoms with Crippen LogP contribution in [0.25, 0.3) is 0 Å². The molecular formula is C17H26N2O3. The molecule has 1 aromatic rings. The van der Waals surface area contributed by atoms with Gasteiger partial charge in [0.1, 0.15) is 12.4 Å². The first-order valence-corrected chi connectivity index (χ1v) is 7.89. The Morgan fingerprint density at radius 2 is 2.36 bits per heavy atom. The SMILES string of the molecule is Cc1cccc(OCCNC(=O)C(C)N2CCOC(C)C2)c1. The van der Waals surface area contributed by atoms with E-state index < -0.39 is 0 Å². The number of morpholine rings is 1. The van der Waals surface area contributed by atoms with Gasteiger partial charge in [-0.25, -0.2) is 0 Å². The molecule has 0 bridgehead atoms. The molecule has 2 atom stereocenters. The number of rotatable bonds is 6. The van der Waals surface area contributed by atoms with E-state index in [1.165, 1.54) is 0 Å². The summed E-state index contributed by atoms with van der Waals surface area (Å²) in [7, 11) is 0. The average Bonchev–Trinajstić information content (AvgIpc) is 2.50. The van der Waals surface area contributed by atoms with Crippen LogP contribution in [-0.2, 0) is 9.53 Å². The Balaban J connectivity index is 1.68. The quantitative estimate of drug-likeness (QED) is 0.811. The van der Waals surface area contributed by atoms with Crippen LogP contribution in [0.2, 0.25) is 0 Å². The van der Waals surface area contributed by atoms with Gasteiger partial charge in [0.2, 0.25) is 5.91 Å². The topological polar surface area (TPSA) is 50.8 Å². The number of nitrogens with one attached hydrogen (secondary N) is 1. The predicted octanol–water partition coefficient (Wildman–Crippen LogP) is 1.60. The number of nitrogens with zero attached hydrogens (tertiary/aromatic N) is 1. The third-order valence-corrected chi connectivity index (χ3v) is 3.86. The van der Waals surface area contributed by atoms with Crippen LogP contribution in [0.4, 0.5) is 0 Å². The van der Waals surface area contributed by atoms with Gasteiger partial charge < -0.3 is 14.8 Å². The minimum atomic E-state index is -0.134. The van der Waals surface area contributed by atoms with Crippen molar-refractivity contribution < 1.29 is 14.3 Å². The van der Waals surface area contributed by atoms with E-state index in [1.807, 2.05) is 45.0 Å². The summed E-state index contributed by atoms with van der Waals surface area (Å²) in [4.78, 5) is 14.3. The number of hydrogen-bond donors (Lipinski definition) is 1. The van der Waals surface area contributed by atoms with Gasteiger partial charge in [0.15, 0.2) is 0 Å². The molecule has 22 heavy (non-hydrogen) atoms. The lowest BCUT2D eigenvalue weighted by Gasteiger charge is -2.34. The number of amides is 1. The molecule has 0 aromatic heterocycles. The van der Waals surface area contributed by atoms with Gasteiger partial charge >= 0.3 is 0 Å². The Hall–Kier alpha value is -1.59. The molecule has 2 unspecified atom stereocenters. The van der Waals surface area contributed by atoms with E-state index in [4.69, 9.17) is 9.47 Å². The molecule has 1 N–H and O–H groups in total. The van der Waals surface area contributed by atoms with Crippen molar-refractivity contribution in [1.29, 1.82) is 0 Å². The monoisotopic (exact) mass is 306 g/mol. The standard InChI is InChI=1S/C17H26N2O3/c1-13-5-4-6-16(11-13)22-9-7-18-17(20)15(3)19-8-10-21-14(2)12-19/h4-6,11,14-15H,7-10,12H2,1-3H3,(H,18,20). The molecule has 1 aliphatic rings. The molecule has 5 nitrogen and oxygen atoms in total. The van der Waals surface area contributed by atoms with Crippen molar-refractivity contribution in [2.75, 3.05) is 32.8 Å². The highest BCUT2D eigenvalue weighted by molar-refractivity contribution is 5.81. The van der Waals surface area contributed by atoms with Gasteiger partial charge in [-0.1, -0.05) is 12.1 Å². The Kier molecular flexibility index (Phi) is 6.21. The van der Waals surface area contributed by atoms with Crippen LogP contribution < -0.4 is 10.1 Å². The number of carbonyl (C=O) groups excluding carboxylic acids is 1. The average molecular weight is 306 g/mol. The second-order valence-corrected chi connectivity index (χ2v) is 5.81. The second kappa shape index (κ2) is 8.15. The number of carbonyl (C=O) groups is 1. The summed E-state index contributed by atoms with van der Waals surface area (Å²) in [6.07, 6.45) is 0.189. The highest BCUT2D eigenvalue weighted by Crippen LogP contribution is 2.12. The van der Waals surface area contributed by atoms with Crippen molar-refractivity contribution in [3.05, 3.63) is 29.8 Å². The van der Waals surface area contributed by atoms with E-state index in [9.17, 15) is 4.79 Å². The molecule has 0 spiro atoms. The molecule has 122 valence electrons. The van der Waals surface area contributed by atoms with E-state index in [-0.39, 0.29) is 18.1 Å². The van der Waals surface area contributed by atoms with Gasteiger partial charge in [-0.05, 0) is 38.5 Å². The molecule has 0 radical (unpaired) electrons. The maximum absolute atomic E-state index is 12.2. The Labute approximate surface area is 132 Å². The first-order chi connectivity index (χ1) is 10.6. The maximum Gasteiger partial charge on any atom is 0.237 e. The normalized spacial score (nSPS) is 20.4. The number of aryl methyl sites for hydroxylation is 1. The van der Waals surface area contributed by atoms with Crippen LogP contribution in [0.3, 0.4) is 0 Å². The van der Waals surface area contributed by atoms with E-state index in [0.29, 0.717) is 19.8 Å². The molecule has 0 aliphatic carbocycles. The number of hydrogen-bond acceptors (Lipinski definition) is 4. The molecular weight excluding hydrogens is 280 g/mol. The first kappa shape index (κ1) is 16.8. The summed E-state index contributed by atoms with van der Waals surface area (Å²) in [5.74, 6) is 0.881. The molecule has 1 aromatic carbocycles. The summed E-state index contributed by atoms with van der Waals surface area (Å²) >= 11 is 0. The van der Waals surface area contributed by atoms with Crippen molar-refractivity contribution in [2.45, 2.75) is 32.9 Å². The summed E-state index contributed by atoms with van der Waals surface area (Å²) in [5, 5.41) is 2.93. The van der Waals surface area contributed by atoms with E-state index >= 15 is 0 Å². The summed E-state index contributed by atoms with van der Waals surface area (Å²) < 4.78 is 11.1. The zero-order chi connectivity index (χ0) is 15.9. The molecule has 1 saturated heterocycles. The smallest absolute Gasteiger partial charge is 0.237 e. The highest BCUT2D eigenvalue weighted by atomic mass is 16.5. The zero-order valence-electron chi connectivity index (χ0n) is 13.7. The van der Waals surface area contributed by atoms with Crippen LogP contribution in [0.15, 0.2) is 24.3 Å². The molecule has 1 aliphatic heterocycles. The molecule has 5 heteroatoms. The fourth-order valence-corrected chi connectivity index (χ4v) is 2.56. The lowest BCUT2D eigenvalue weighted by atomic mass is 10.2. The largest absolute Gasteiger partial charge is 0.492 e. The summed E-state index contributed by atoms with van der Waals surface area (Å²) in [6, 6.07) is 7.77. The summed E-state index contributed by atoms with van der Waals surface area (Å²) in [6.45, 7) is 9.28. The fraction of sp³-hybridized carbons (Fsp3) is 0.588. The van der Waals surface area contributed by atoms with Gasteiger partial charge in [0, 0.05) is 13.1 Å². The van der Waals surface area contributed by atoms with Gasteiger partial charge in [-0.3, -0.25) is 9.69 Å². The summed E-state index contributed by atoms with van der Waals surface area (Å²) in [5.41, 5.74) is 1.16. The van der Waals surface area contributed by atoms with Crippen LogP contribution in [0.1, 0.15) is 19.4 Å². The van der Waals surface area contributed by atoms with Crippen LogP contribution in [0.5, 0.6) is 5.75 Å². The molecule has 1 amide bonds. The van der Waals surface area contributed by atoms with Crippen molar-refractivity contribution >= 4 is 5.91 Å². The lowest BCUT2D eigenvalue weighted by molar-refractivity contribution is -0.128. The Morgan fingerprint density at radius 3 is 3.09 bits per heavy atom. The minimum absolute atomic E-state index is 0.0435. The third kappa shape index (κ3) is 5.00. The van der Waals surface area contributed by atoms with Crippen LogP contribution in [-0.4, -0.2) is 55.8 Å². The highest BCUT2D eigenvalue weighted by Gasteiger charge is 2.25. The molecule has 1 heterocycles. The van der Waals surface area contributed by atoms with E-state index in [0.717, 1.165) is 24.4 Å². The third-order valence-electron chi connectivity index (χ3n) is 3.86. The number of ether oxygens (including phenoxy) is 2. The number of benzene rings is 1. The minimum Gasteiger partial charge on any atom is -0.492 e. The van der Waals surface area contributed by atoms with E-state index in [1.54, 1.807) is 0 Å². The second-order valence-electron chi connectivity index (χ2n) is 5.81. The van der Waals surface area contributed by atoms with Crippen molar-refractivity contribution in [3.8, 4) is 5.75 Å². The molecule has 0 saturated carbocycles. The van der Waals surface area contributed by atoms with Gasteiger partial charge in [0.25, 0.3) is 0 Å². The van der Waals surface area contributed by atoms with Crippen molar-refractivity contribution in [3.63, 3.8) is 0 Å². The van der Waals surface area contributed by atoms with E-state index in [2.05, 4.69) is 10.2 Å². The Morgan fingerprint density at radius 1 is 1.55 bits per heavy atom. The zero-order valence-corrected chi connectivity index (χ0v) is 13.7. The van der Waals surface area contributed by atoms with Gasteiger partial charge in [-0.2, -0.15) is 0 Å². The van der Waals surface area contributed by atoms with Gasteiger partial charge in [0.05, 0.1) is 25.3 Å². The lowest BCUT2D eigenvalue weighted by Crippen LogP contribution is -2.52.